The van der Waals surface area contributed by atoms with E-state index in [0.717, 1.165) is 0 Å². The standard InChI is InChI=1S/C18H19NO5/c1-3-23-15-7-5-4-6-14(15)19-18(21)12-24-17-10-13(11-20)8-9-16(17)22-2/h4-11H,3,12H2,1-2H3,(H,19,21). The molecule has 6 heteroatoms. The number of rotatable bonds is 8. The second kappa shape index (κ2) is 8.57. The highest BCUT2D eigenvalue weighted by atomic mass is 16.5. The van der Waals surface area contributed by atoms with Gasteiger partial charge in [0.05, 0.1) is 19.4 Å². The quantitative estimate of drug-likeness (QED) is 0.754. The van der Waals surface area contributed by atoms with E-state index in [9.17, 15) is 9.59 Å². The van der Waals surface area contributed by atoms with E-state index in [1.54, 1.807) is 30.3 Å². The Morgan fingerprint density at radius 1 is 1.08 bits per heavy atom. The highest BCUT2D eigenvalue weighted by Gasteiger charge is 2.11. The maximum Gasteiger partial charge on any atom is 0.262 e. The highest BCUT2D eigenvalue weighted by molar-refractivity contribution is 5.93. The molecule has 0 aliphatic carbocycles. The average Bonchev–Trinajstić information content (AvgIpc) is 2.61. The first-order valence-electron chi connectivity index (χ1n) is 7.45. The molecule has 0 heterocycles. The van der Waals surface area contributed by atoms with Gasteiger partial charge in [0.15, 0.2) is 18.1 Å². The highest BCUT2D eigenvalue weighted by Crippen LogP contribution is 2.28. The van der Waals surface area contributed by atoms with Crippen molar-refractivity contribution in [3.05, 3.63) is 48.0 Å². The predicted octanol–water partition coefficient (Wildman–Crippen LogP) is 2.92. The van der Waals surface area contributed by atoms with Crippen molar-refractivity contribution in [2.45, 2.75) is 6.92 Å². The van der Waals surface area contributed by atoms with E-state index in [2.05, 4.69) is 5.32 Å². The van der Waals surface area contributed by atoms with Crippen molar-refractivity contribution in [2.75, 3.05) is 25.6 Å². The molecule has 0 aliphatic heterocycles. The molecular weight excluding hydrogens is 310 g/mol. The van der Waals surface area contributed by atoms with E-state index in [1.165, 1.54) is 13.2 Å². The van der Waals surface area contributed by atoms with Crippen LogP contribution in [0.25, 0.3) is 0 Å². The van der Waals surface area contributed by atoms with Gasteiger partial charge in [-0.3, -0.25) is 9.59 Å². The topological polar surface area (TPSA) is 73.9 Å². The van der Waals surface area contributed by atoms with Crippen LogP contribution in [0.4, 0.5) is 5.69 Å². The molecule has 0 spiro atoms. The van der Waals surface area contributed by atoms with E-state index < -0.39 is 0 Å². The van der Waals surface area contributed by atoms with E-state index in [-0.39, 0.29) is 12.5 Å². The molecule has 6 nitrogen and oxygen atoms in total. The number of methoxy groups -OCH3 is 1. The van der Waals surface area contributed by atoms with E-state index in [0.29, 0.717) is 41.4 Å². The molecular formula is C18H19NO5. The van der Waals surface area contributed by atoms with Gasteiger partial charge in [0, 0.05) is 5.56 Å². The van der Waals surface area contributed by atoms with Gasteiger partial charge in [0.25, 0.3) is 5.91 Å². The lowest BCUT2D eigenvalue weighted by Crippen LogP contribution is -2.20. The maximum atomic E-state index is 12.1. The molecule has 126 valence electrons. The molecule has 0 atom stereocenters. The van der Waals surface area contributed by atoms with Gasteiger partial charge in [-0.2, -0.15) is 0 Å². The van der Waals surface area contributed by atoms with E-state index in [4.69, 9.17) is 14.2 Å². The molecule has 0 unspecified atom stereocenters. The summed E-state index contributed by atoms with van der Waals surface area (Å²) < 4.78 is 16.1. The van der Waals surface area contributed by atoms with Crippen LogP contribution in [-0.2, 0) is 4.79 Å². The fourth-order valence-electron chi connectivity index (χ4n) is 2.06. The summed E-state index contributed by atoms with van der Waals surface area (Å²) in [6.45, 7) is 2.15. The van der Waals surface area contributed by atoms with Gasteiger partial charge in [-0.25, -0.2) is 0 Å². The fraction of sp³-hybridized carbons (Fsp3) is 0.222. The lowest BCUT2D eigenvalue weighted by molar-refractivity contribution is -0.118. The number of benzene rings is 2. The number of para-hydroxylation sites is 2. The summed E-state index contributed by atoms with van der Waals surface area (Å²) >= 11 is 0. The van der Waals surface area contributed by atoms with Gasteiger partial charge in [0.2, 0.25) is 0 Å². The van der Waals surface area contributed by atoms with Crippen LogP contribution in [0.3, 0.4) is 0 Å². The molecule has 2 aromatic carbocycles. The zero-order valence-corrected chi connectivity index (χ0v) is 13.6. The van der Waals surface area contributed by atoms with Gasteiger partial charge in [0.1, 0.15) is 12.0 Å². The normalized spacial score (nSPS) is 9.92. The average molecular weight is 329 g/mol. The van der Waals surface area contributed by atoms with Crippen LogP contribution in [0.5, 0.6) is 17.2 Å². The van der Waals surface area contributed by atoms with Crippen LogP contribution in [-0.4, -0.2) is 32.5 Å². The molecule has 0 aromatic heterocycles. The molecule has 0 fully saturated rings. The number of amides is 1. The van der Waals surface area contributed by atoms with Crippen molar-refractivity contribution >= 4 is 17.9 Å². The summed E-state index contributed by atoms with van der Waals surface area (Å²) in [4.78, 5) is 22.9. The van der Waals surface area contributed by atoms with Gasteiger partial charge in [-0.15, -0.1) is 0 Å². The third kappa shape index (κ3) is 4.49. The van der Waals surface area contributed by atoms with Gasteiger partial charge in [-0.05, 0) is 37.3 Å². The summed E-state index contributed by atoms with van der Waals surface area (Å²) in [6, 6.07) is 11.9. The predicted molar refractivity (Wildman–Crippen MR) is 90.1 cm³/mol. The second-order valence-electron chi connectivity index (χ2n) is 4.79. The number of hydrogen-bond acceptors (Lipinski definition) is 5. The van der Waals surface area contributed by atoms with Crippen molar-refractivity contribution in [1.29, 1.82) is 0 Å². The molecule has 24 heavy (non-hydrogen) atoms. The molecule has 0 bridgehead atoms. The minimum atomic E-state index is -0.347. The Morgan fingerprint density at radius 2 is 1.88 bits per heavy atom. The number of nitrogens with one attached hydrogen (secondary N) is 1. The third-order valence-corrected chi connectivity index (χ3v) is 3.14. The SMILES string of the molecule is CCOc1ccccc1NC(=O)COc1cc(C=O)ccc1OC. The number of ether oxygens (including phenoxy) is 3. The first-order valence-corrected chi connectivity index (χ1v) is 7.45. The molecule has 1 N–H and O–H groups in total. The van der Waals surface area contributed by atoms with Crippen LogP contribution < -0.4 is 19.5 Å². The van der Waals surface area contributed by atoms with E-state index in [1.807, 2.05) is 13.0 Å². The van der Waals surface area contributed by atoms with Crippen molar-refractivity contribution in [1.82, 2.24) is 0 Å². The monoisotopic (exact) mass is 329 g/mol. The van der Waals surface area contributed by atoms with Crippen molar-refractivity contribution < 1.29 is 23.8 Å². The van der Waals surface area contributed by atoms with Crippen LogP contribution >= 0.6 is 0 Å². The number of carbonyl (C=O) groups is 2. The summed E-state index contributed by atoms with van der Waals surface area (Å²) in [6.07, 6.45) is 0.699. The van der Waals surface area contributed by atoms with E-state index >= 15 is 0 Å². The Kier molecular flexibility index (Phi) is 6.19. The lowest BCUT2D eigenvalue weighted by atomic mass is 10.2. The first kappa shape index (κ1) is 17.3. The zero-order valence-electron chi connectivity index (χ0n) is 13.6. The van der Waals surface area contributed by atoms with Crippen LogP contribution in [0.15, 0.2) is 42.5 Å². The Balaban J connectivity index is 2.02. The maximum absolute atomic E-state index is 12.1. The van der Waals surface area contributed by atoms with Gasteiger partial charge >= 0.3 is 0 Å². The minimum absolute atomic E-state index is 0.223. The molecule has 1 amide bonds. The van der Waals surface area contributed by atoms with Crippen LogP contribution in [0.2, 0.25) is 0 Å². The lowest BCUT2D eigenvalue weighted by Gasteiger charge is -2.13. The van der Waals surface area contributed by atoms with Crippen molar-refractivity contribution in [2.24, 2.45) is 0 Å². The Hall–Kier alpha value is -3.02. The van der Waals surface area contributed by atoms with Crippen LogP contribution in [0.1, 0.15) is 17.3 Å². The second-order valence-corrected chi connectivity index (χ2v) is 4.79. The minimum Gasteiger partial charge on any atom is -0.493 e. The fourth-order valence-corrected chi connectivity index (χ4v) is 2.06. The van der Waals surface area contributed by atoms with Crippen molar-refractivity contribution in [3.63, 3.8) is 0 Å². The largest absolute Gasteiger partial charge is 0.493 e. The van der Waals surface area contributed by atoms with Gasteiger partial charge < -0.3 is 19.5 Å². The third-order valence-electron chi connectivity index (χ3n) is 3.14. The Bertz CT molecular complexity index is 714. The number of hydrogen-bond donors (Lipinski definition) is 1. The molecule has 0 saturated carbocycles. The molecule has 0 radical (unpaired) electrons. The van der Waals surface area contributed by atoms with Crippen molar-refractivity contribution in [3.8, 4) is 17.2 Å². The zero-order chi connectivity index (χ0) is 17.4. The smallest absolute Gasteiger partial charge is 0.262 e. The summed E-state index contributed by atoms with van der Waals surface area (Å²) in [5, 5.41) is 2.73. The summed E-state index contributed by atoms with van der Waals surface area (Å²) in [7, 11) is 1.49. The number of anilines is 1. The number of carbonyl (C=O) groups excluding carboxylic acids is 2. The summed E-state index contributed by atoms with van der Waals surface area (Å²) in [5.74, 6) is 1.02. The first-order chi connectivity index (χ1) is 11.7. The molecule has 2 rings (SSSR count). The molecule has 0 aliphatic rings. The Labute approximate surface area is 140 Å². The molecule has 0 saturated heterocycles. The summed E-state index contributed by atoms with van der Waals surface area (Å²) in [5.41, 5.74) is 1.01. The Morgan fingerprint density at radius 3 is 2.58 bits per heavy atom. The van der Waals surface area contributed by atoms with Crippen LogP contribution in [0, 0.1) is 0 Å². The van der Waals surface area contributed by atoms with Gasteiger partial charge in [-0.1, -0.05) is 12.1 Å². The molecule has 2 aromatic rings. The number of aldehydes is 1.